The molecule has 0 aliphatic carbocycles. The predicted molar refractivity (Wildman–Crippen MR) is 122 cm³/mol. The molecule has 1 aliphatic heterocycles. The first-order valence-corrected chi connectivity index (χ1v) is 13.1. The topological polar surface area (TPSA) is 92.3 Å². The van der Waals surface area contributed by atoms with Crippen molar-refractivity contribution in [2.24, 2.45) is 0 Å². The van der Waals surface area contributed by atoms with Gasteiger partial charge in [0.1, 0.15) is 5.51 Å². The second kappa shape index (κ2) is 9.90. The van der Waals surface area contributed by atoms with E-state index in [1.54, 1.807) is 29.8 Å². The fraction of sp³-hybridized carbons (Fsp3) is 0.286. The summed E-state index contributed by atoms with van der Waals surface area (Å²) in [6, 6.07) is 14.4. The summed E-state index contributed by atoms with van der Waals surface area (Å²) in [4.78, 5) is 13.7. The molecule has 31 heavy (non-hydrogen) atoms. The van der Waals surface area contributed by atoms with Gasteiger partial charge in [-0.25, -0.2) is 8.42 Å². The average Bonchev–Trinajstić information content (AvgIpc) is 3.49. The maximum atomic E-state index is 12.6. The maximum Gasteiger partial charge on any atom is 0.243 e. The summed E-state index contributed by atoms with van der Waals surface area (Å²) < 4.78 is 27.6. The van der Waals surface area contributed by atoms with Gasteiger partial charge >= 0.3 is 0 Å². The van der Waals surface area contributed by atoms with Crippen molar-refractivity contribution in [2.45, 2.75) is 39.8 Å². The van der Waals surface area contributed by atoms with E-state index in [9.17, 15) is 13.2 Å². The smallest absolute Gasteiger partial charge is 0.243 e. The molecule has 0 saturated carbocycles. The second-order valence-electron chi connectivity index (χ2n) is 7.11. The Labute approximate surface area is 189 Å². The molecule has 7 nitrogen and oxygen atoms in total. The largest absolute Gasteiger partial charge is 0.325 e. The van der Waals surface area contributed by atoms with E-state index in [1.165, 1.54) is 27.4 Å². The van der Waals surface area contributed by atoms with Gasteiger partial charge in [-0.3, -0.25) is 4.79 Å². The molecule has 0 unspecified atom stereocenters. The van der Waals surface area contributed by atoms with Crippen molar-refractivity contribution in [3.8, 4) is 0 Å². The lowest BCUT2D eigenvalue weighted by Crippen LogP contribution is -2.27. The van der Waals surface area contributed by atoms with Gasteiger partial charge < -0.3 is 5.32 Å². The number of hydrogen-bond acceptors (Lipinski definition) is 7. The highest BCUT2D eigenvalue weighted by molar-refractivity contribution is 8.01. The molecular formula is C21H22N4O3S3. The molecule has 3 aromatic rings. The fourth-order valence-electron chi connectivity index (χ4n) is 3.34. The normalized spacial score (nSPS) is 14.6. The van der Waals surface area contributed by atoms with E-state index in [4.69, 9.17) is 0 Å². The van der Waals surface area contributed by atoms with E-state index >= 15 is 0 Å². The van der Waals surface area contributed by atoms with Gasteiger partial charge in [0.05, 0.1) is 10.6 Å². The second-order valence-corrected chi connectivity index (χ2v) is 11.2. The lowest BCUT2D eigenvalue weighted by atomic mass is 10.1. The zero-order valence-electron chi connectivity index (χ0n) is 16.7. The van der Waals surface area contributed by atoms with Gasteiger partial charge in [-0.1, -0.05) is 47.4 Å². The number of nitrogens with one attached hydrogen (secondary N) is 1. The van der Waals surface area contributed by atoms with Crippen molar-refractivity contribution in [3.05, 3.63) is 59.6 Å². The van der Waals surface area contributed by atoms with E-state index in [0.717, 1.165) is 33.3 Å². The average molecular weight is 475 g/mol. The van der Waals surface area contributed by atoms with Crippen LogP contribution in [0.25, 0.3) is 0 Å². The number of carbonyl (C=O) groups is 1. The molecule has 0 spiro atoms. The van der Waals surface area contributed by atoms with Crippen LogP contribution < -0.4 is 5.32 Å². The number of para-hydroxylation sites is 1. The molecule has 0 atom stereocenters. The van der Waals surface area contributed by atoms with Crippen LogP contribution in [0.4, 0.5) is 5.69 Å². The molecule has 1 fully saturated rings. The highest BCUT2D eigenvalue weighted by Crippen LogP contribution is 2.34. The van der Waals surface area contributed by atoms with Crippen LogP contribution in [0.5, 0.6) is 0 Å². The Morgan fingerprint density at radius 1 is 1.10 bits per heavy atom. The van der Waals surface area contributed by atoms with Gasteiger partial charge in [0.15, 0.2) is 4.34 Å². The van der Waals surface area contributed by atoms with Gasteiger partial charge in [-0.05, 0) is 49.1 Å². The summed E-state index contributed by atoms with van der Waals surface area (Å²) in [5.74, 6) is -0.0981. The molecule has 1 saturated heterocycles. The number of aryl methyl sites for hydroxylation is 1. The van der Waals surface area contributed by atoms with Gasteiger partial charge in [-0.15, -0.1) is 10.2 Å². The first kappa shape index (κ1) is 21.9. The lowest BCUT2D eigenvalue weighted by molar-refractivity contribution is -0.116. The standard InChI is InChI=1S/C21H22N4O3S3/c26-20(23-18-5-1-2-6-19(18)30-21-24-22-15-29-21)12-9-16-7-10-17(11-8-16)31(27,28)25-13-3-4-14-25/h1-2,5-8,10-11,15H,3-4,9,12-14H2,(H,23,26). The highest BCUT2D eigenvalue weighted by Gasteiger charge is 2.26. The van der Waals surface area contributed by atoms with Crippen molar-refractivity contribution < 1.29 is 13.2 Å². The van der Waals surface area contributed by atoms with Gasteiger partial charge in [0.25, 0.3) is 0 Å². The number of carbonyl (C=O) groups excluding carboxylic acids is 1. The Kier molecular flexibility index (Phi) is 7.01. The monoisotopic (exact) mass is 474 g/mol. The van der Waals surface area contributed by atoms with Crippen molar-refractivity contribution in [1.29, 1.82) is 0 Å². The van der Waals surface area contributed by atoms with Crippen molar-refractivity contribution >= 4 is 44.7 Å². The van der Waals surface area contributed by atoms with Crippen molar-refractivity contribution in [1.82, 2.24) is 14.5 Å². The van der Waals surface area contributed by atoms with Gasteiger partial charge in [0, 0.05) is 24.4 Å². The SMILES string of the molecule is O=C(CCc1ccc(S(=O)(=O)N2CCCC2)cc1)Nc1ccccc1Sc1nncs1. The number of aromatic nitrogens is 2. The lowest BCUT2D eigenvalue weighted by Gasteiger charge is -2.15. The van der Waals surface area contributed by atoms with Crippen LogP contribution >= 0.6 is 23.1 Å². The predicted octanol–water partition coefficient (Wildman–Crippen LogP) is 4.05. The van der Waals surface area contributed by atoms with Crippen LogP contribution in [0, 0.1) is 0 Å². The molecule has 4 rings (SSSR count). The summed E-state index contributed by atoms with van der Waals surface area (Å²) in [6.07, 6.45) is 2.65. The highest BCUT2D eigenvalue weighted by atomic mass is 32.2. The third-order valence-corrected chi connectivity index (χ3v) is 8.73. The number of sulfonamides is 1. The third-order valence-electron chi connectivity index (χ3n) is 4.97. The molecule has 1 amide bonds. The summed E-state index contributed by atoms with van der Waals surface area (Å²) in [7, 11) is -3.41. The molecule has 1 aromatic heterocycles. The summed E-state index contributed by atoms with van der Waals surface area (Å²) in [5.41, 5.74) is 3.33. The van der Waals surface area contributed by atoms with Gasteiger partial charge in [-0.2, -0.15) is 4.31 Å². The Morgan fingerprint density at radius 3 is 2.55 bits per heavy atom. The van der Waals surface area contributed by atoms with E-state index in [-0.39, 0.29) is 5.91 Å². The first-order chi connectivity index (χ1) is 15.0. The zero-order chi connectivity index (χ0) is 21.7. The number of nitrogens with zero attached hydrogens (tertiary/aromatic N) is 3. The minimum absolute atomic E-state index is 0.0981. The number of anilines is 1. The number of rotatable bonds is 8. The van der Waals surface area contributed by atoms with Crippen LogP contribution in [-0.4, -0.2) is 41.9 Å². The fourth-order valence-corrected chi connectivity index (χ4v) is 6.38. The minimum Gasteiger partial charge on any atom is -0.325 e. The molecule has 1 aliphatic rings. The Hall–Kier alpha value is -2.27. The van der Waals surface area contributed by atoms with Crippen molar-refractivity contribution in [2.75, 3.05) is 18.4 Å². The molecule has 0 radical (unpaired) electrons. The Balaban J connectivity index is 1.34. The van der Waals surface area contributed by atoms with Gasteiger partial charge in [0.2, 0.25) is 15.9 Å². The molecule has 10 heteroatoms. The third kappa shape index (κ3) is 5.51. The number of amides is 1. The van der Waals surface area contributed by atoms with E-state index in [2.05, 4.69) is 15.5 Å². The number of hydrogen-bond donors (Lipinski definition) is 1. The summed E-state index contributed by atoms with van der Waals surface area (Å²) in [6.45, 7) is 1.17. The molecular weight excluding hydrogens is 452 g/mol. The van der Waals surface area contributed by atoms with Crippen LogP contribution in [0.15, 0.2) is 68.2 Å². The Morgan fingerprint density at radius 2 is 1.84 bits per heavy atom. The maximum absolute atomic E-state index is 12.6. The quantitative estimate of drug-likeness (QED) is 0.530. The molecule has 2 aromatic carbocycles. The van der Waals surface area contributed by atoms with Crippen LogP contribution in [0.1, 0.15) is 24.8 Å². The molecule has 1 N–H and O–H groups in total. The first-order valence-electron chi connectivity index (χ1n) is 9.94. The van der Waals surface area contributed by atoms with Crippen molar-refractivity contribution in [3.63, 3.8) is 0 Å². The summed E-state index contributed by atoms with van der Waals surface area (Å²) in [5, 5.41) is 10.8. The zero-order valence-corrected chi connectivity index (χ0v) is 19.2. The molecule has 162 valence electrons. The van der Waals surface area contributed by atoms with Crippen LogP contribution in [0.2, 0.25) is 0 Å². The van der Waals surface area contributed by atoms with Crippen LogP contribution in [-0.2, 0) is 21.2 Å². The molecule has 2 heterocycles. The van der Waals surface area contributed by atoms with Crippen LogP contribution in [0.3, 0.4) is 0 Å². The van der Waals surface area contributed by atoms with E-state index < -0.39 is 10.0 Å². The van der Waals surface area contributed by atoms with E-state index in [0.29, 0.717) is 30.8 Å². The molecule has 0 bridgehead atoms. The summed E-state index contributed by atoms with van der Waals surface area (Å²) >= 11 is 2.91. The number of benzene rings is 2. The Bertz CT molecular complexity index is 1130. The minimum atomic E-state index is -3.41. The van der Waals surface area contributed by atoms with E-state index in [1.807, 2.05) is 24.3 Å².